The summed E-state index contributed by atoms with van der Waals surface area (Å²) < 4.78 is 6.28. The molecule has 0 aliphatic heterocycles. The molecule has 0 amide bonds. The van der Waals surface area contributed by atoms with Crippen molar-refractivity contribution in [2.45, 2.75) is 40.2 Å². The SMILES string of the molecule is CCC(C)Oc1ccc(N(c2ccc(C)cc2)c2ccc3c4c(-c5ccccc5)c5c6cccc7c(N(c8ccccc8)c8ccc(C)cc8)ccc(c5c(-c5ccccc5)c4c4cccc2c43)c76)cc1. The van der Waals surface area contributed by atoms with E-state index in [2.05, 4.69) is 262 Å². The maximum Gasteiger partial charge on any atom is 0.119 e. The van der Waals surface area contributed by atoms with Crippen LogP contribution in [-0.4, -0.2) is 6.10 Å². The number of ether oxygens (including phenoxy) is 1. The third kappa shape index (κ3) is 6.87. The van der Waals surface area contributed by atoms with E-state index in [1.165, 1.54) is 98.0 Å². The van der Waals surface area contributed by atoms with Gasteiger partial charge < -0.3 is 14.5 Å². The third-order valence-electron chi connectivity index (χ3n) is 14.8. The van der Waals surface area contributed by atoms with Crippen molar-refractivity contribution in [3.63, 3.8) is 0 Å². The fourth-order valence-corrected chi connectivity index (χ4v) is 11.4. The van der Waals surface area contributed by atoms with Gasteiger partial charge in [-0.15, -0.1) is 0 Å². The second-order valence-electron chi connectivity index (χ2n) is 19.2. The Bertz CT molecular complexity index is 3960. The first-order valence-corrected chi connectivity index (χ1v) is 25.0. The fraction of sp³-hybridized carbons (Fsp3) is 0.0882. The molecule has 0 heterocycles. The molecule has 0 aliphatic carbocycles. The van der Waals surface area contributed by atoms with Gasteiger partial charge >= 0.3 is 0 Å². The monoisotopic (exact) mass is 912 g/mol. The Morgan fingerprint density at radius 3 is 1.10 bits per heavy atom. The minimum absolute atomic E-state index is 0.142. The van der Waals surface area contributed by atoms with Crippen LogP contribution in [0.3, 0.4) is 0 Å². The second kappa shape index (κ2) is 17.1. The van der Waals surface area contributed by atoms with Crippen LogP contribution in [0.4, 0.5) is 34.1 Å². The molecule has 1 unspecified atom stereocenters. The fourth-order valence-electron chi connectivity index (χ4n) is 11.4. The molecule has 0 N–H and O–H groups in total. The van der Waals surface area contributed by atoms with Gasteiger partial charge in [-0.05, 0) is 176 Å². The normalized spacial score (nSPS) is 12.2. The zero-order valence-electron chi connectivity index (χ0n) is 40.4. The van der Waals surface area contributed by atoms with Gasteiger partial charge in [-0.25, -0.2) is 0 Å². The summed E-state index contributed by atoms with van der Waals surface area (Å²) in [7, 11) is 0. The molecule has 0 aliphatic rings. The van der Waals surface area contributed by atoms with E-state index in [0.717, 1.165) is 46.3 Å². The standard InChI is InChI=1S/C68H52N2O/c1-5-45(4)71-52-37-35-51(36-38-52)70(50-33-29-44(3)30-34-50)60-42-40-58-64-54(60)24-16-26-56(64)66-62(47-19-11-7-12-20-47)67-57-39-41-59(69(48-21-13-8-14-22-48)49-31-27-43(2)28-32-49)53-23-15-25-55(63(53)57)65(67)61(68(58)66)46-17-9-6-10-18-46/h6-42,45H,5H2,1-4H3. The molecule has 0 aromatic heterocycles. The molecule has 13 rings (SSSR count). The quantitative estimate of drug-likeness (QED) is 0.129. The first-order valence-electron chi connectivity index (χ1n) is 25.0. The number of hydrogen-bond acceptors (Lipinski definition) is 3. The molecule has 0 saturated carbocycles. The van der Waals surface area contributed by atoms with E-state index in [9.17, 15) is 0 Å². The third-order valence-corrected chi connectivity index (χ3v) is 14.8. The van der Waals surface area contributed by atoms with Crippen molar-refractivity contribution >= 4 is 98.8 Å². The van der Waals surface area contributed by atoms with Gasteiger partial charge in [0.05, 0.1) is 17.5 Å². The summed E-state index contributed by atoms with van der Waals surface area (Å²) in [4.78, 5) is 4.84. The van der Waals surface area contributed by atoms with Crippen LogP contribution >= 0.6 is 0 Å². The summed E-state index contributed by atoms with van der Waals surface area (Å²) in [5.41, 5.74) is 14.2. The van der Waals surface area contributed by atoms with E-state index in [1.807, 2.05) is 0 Å². The number of benzene rings is 11. The lowest BCUT2D eigenvalue weighted by Gasteiger charge is -2.27. The summed E-state index contributed by atoms with van der Waals surface area (Å²) in [6.45, 7) is 8.59. The van der Waals surface area contributed by atoms with Crippen molar-refractivity contribution in [2.75, 3.05) is 9.80 Å². The second-order valence-corrected chi connectivity index (χ2v) is 19.2. The Hall–Kier alpha value is -8.66. The van der Waals surface area contributed by atoms with Crippen LogP contribution in [0.1, 0.15) is 31.4 Å². The average molecular weight is 913 g/mol. The maximum atomic E-state index is 6.28. The van der Waals surface area contributed by atoms with Crippen LogP contribution in [0.25, 0.3) is 86.9 Å². The van der Waals surface area contributed by atoms with E-state index in [1.54, 1.807) is 0 Å². The molecule has 71 heavy (non-hydrogen) atoms. The van der Waals surface area contributed by atoms with Gasteiger partial charge in [-0.3, -0.25) is 0 Å². The van der Waals surface area contributed by atoms with E-state index in [0.29, 0.717) is 0 Å². The largest absolute Gasteiger partial charge is 0.491 e. The summed E-state index contributed by atoms with van der Waals surface area (Å²) in [5, 5.41) is 15.2. The van der Waals surface area contributed by atoms with Crippen molar-refractivity contribution in [3.05, 3.63) is 236 Å². The number of anilines is 6. The average Bonchev–Trinajstić information content (AvgIpc) is 3.93. The smallest absolute Gasteiger partial charge is 0.119 e. The van der Waals surface area contributed by atoms with Gasteiger partial charge in [-0.2, -0.15) is 0 Å². The Morgan fingerprint density at radius 2 is 0.690 bits per heavy atom. The molecule has 0 fully saturated rings. The van der Waals surface area contributed by atoms with Crippen LogP contribution < -0.4 is 14.5 Å². The summed E-state index contributed by atoms with van der Waals surface area (Å²) in [6.07, 6.45) is 1.09. The van der Waals surface area contributed by atoms with Gasteiger partial charge in [0.25, 0.3) is 0 Å². The predicted octanol–water partition coefficient (Wildman–Crippen LogP) is 19.5. The Balaban J connectivity index is 1.15. The van der Waals surface area contributed by atoms with Gasteiger partial charge in [0.2, 0.25) is 0 Å². The van der Waals surface area contributed by atoms with E-state index >= 15 is 0 Å². The lowest BCUT2D eigenvalue weighted by molar-refractivity contribution is 0.217. The van der Waals surface area contributed by atoms with Crippen molar-refractivity contribution in [1.82, 2.24) is 0 Å². The van der Waals surface area contributed by atoms with E-state index in [4.69, 9.17) is 4.74 Å². The highest BCUT2D eigenvalue weighted by atomic mass is 16.5. The molecule has 0 spiro atoms. The van der Waals surface area contributed by atoms with E-state index in [-0.39, 0.29) is 6.10 Å². The van der Waals surface area contributed by atoms with Crippen molar-refractivity contribution in [1.29, 1.82) is 0 Å². The zero-order chi connectivity index (χ0) is 47.7. The summed E-state index contributed by atoms with van der Waals surface area (Å²) in [6, 6.07) is 83.0. The van der Waals surface area contributed by atoms with Crippen LogP contribution in [0, 0.1) is 13.8 Å². The first-order chi connectivity index (χ1) is 34.9. The molecule has 1 atom stereocenters. The molecule has 0 bridgehead atoms. The highest BCUT2D eigenvalue weighted by Gasteiger charge is 2.30. The zero-order valence-corrected chi connectivity index (χ0v) is 40.4. The van der Waals surface area contributed by atoms with Crippen molar-refractivity contribution in [3.8, 4) is 28.0 Å². The molecule has 0 saturated heterocycles. The molecule has 340 valence electrons. The molecular formula is C68H52N2O. The van der Waals surface area contributed by atoms with Crippen molar-refractivity contribution in [2.24, 2.45) is 0 Å². The van der Waals surface area contributed by atoms with Gasteiger partial charge in [-0.1, -0.05) is 170 Å². The van der Waals surface area contributed by atoms with Crippen molar-refractivity contribution < 1.29 is 4.74 Å². The summed E-state index contributed by atoms with van der Waals surface area (Å²) >= 11 is 0. The van der Waals surface area contributed by atoms with Gasteiger partial charge in [0.15, 0.2) is 0 Å². The van der Waals surface area contributed by atoms with Crippen LogP contribution in [0.15, 0.2) is 224 Å². The van der Waals surface area contributed by atoms with Gasteiger partial charge in [0, 0.05) is 33.5 Å². The molecule has 3 heteroatoms. The number of fused-ring (bicyclic) bond motifs is 6. The number of aryl methyl sites for hydroxylation is 2. The highest BCUT2D eigenvalue weighted by Crippen LogP contribution is 2.57. The Kier molecular flexibility index (Phi) is 10.2. The minimum atomic E-state index is 0.142. The Labute approximate surface area is 415 Å². The molecule has 3 nitrogen and oxygen atoms in total. The number of para-hydroxylation sites is 1. The number of hydrogen-bond donors (Lipinski definition) is 0. The molecule has 0 radical (unpaired) electrons. The lowest BCUT2D eigenvalue weighted by Crippen LogP contribution is -2.12. The minimum Gasteiger partial charge on any atom is -0.491 e. The Morgan fingerprint density at radius 1 is 0.338 bits per heavy atom. The summed E-state index contributed by atoms with van der Waals surface area (Å²) in [5.74, 6) is 0.881. The highest BCUT2D eigenvalue weighted by molar-refractivity contribution is 6.47. The van der Waals surface area contributed by atoms with Gasteiger partial charge in [0.1, 0.15) is 5.75 Å². The molecular weight excluding hydrogens is 861 g/mol. The molecule has 13 aromatic rings. The topological polar surface area (TPSA) is 15.7 Å². The molecule has 13 aromatic carbocycles. The van der Waals surface area contributed by atoms with Crippen LogP contribution in [-0.2, 0) is 0 Å². The van der Waals surface area contributed by atoms with Crippen LogP contribution in [0.2, 0.25) is 0 Å². The lowest BCUT2D eigenvalue weighted by atomic mass is 9.87. The predicted molar refractivity (Wildman–Crippen MR) is 304 cm³/mol. The maximum absolute atomic E-state index is 6.28. The van der Waals surface area contributed by atoms with Crippen LogP contribution in [0.5, 0.6) is 5.75 Å². The first kappa shape index (κ1) is 42.4. The van der Waals surface area contributed by atoms with E-state index < -0.39 is 0 Å². The number of rotatable bonds is 11. The number of nitrogens with zero attached hydrogens (tertiary/aromatic N) is 2.